The van der Waals surface area contributed by atoms with Gasteiger partial charge < -0.3 is 5.73 Å². The molecular weight excluding hydrogens is 245 g/mol. The van der Waals surface area contributed by atoms with Gasteiger partial charge >= 0.3 is 0 Å². The van der Waals surface area contributed by atoms with E-state index < -0.39 is 0 Å². The van der Waals surface area contributed by atoms with Crippen LogP contribution in [0.4, 0.5) is 4.39 Å². The maximum Gasteiger partial charge on any atom is 0.137 e. The molecule has 0 aliphatic carbocycles. The van der Waals surface area contributed by atoms with E-state index in [4.69, 9.17) is 5.73 Å². The summed E-state index contributed by atoms with van der Waals surface area (Å²) in [6, 6.07) is 3.56. The van der Waals surface area contributed by atoms with Crippen LogP contribution in [0.3, 0.4) is 0 Å². The Morgan fingerprint density at radius 1 is 1.36 bits per heavy atom. The van der Waals surface area contributed by atoms with E-state index >= 15 is 0 Å². The minimum absolute atomic E-state index is 0.173. The molecule has 3 heteroatoms. The number of hydrogen-bond acceptors (Lipinski definition) is 1. The van der Waals surface area contributed by atoms with Gasteiger partial charge in [-0.25, -0.2) is 4.39 Å². The van der Waals surface area contributed by atoms with Gasteiger partial charge in [0.25, 0.3) is 0 Å². The molecule has 0 fully saturated rings. The Morgan fingerprint density at radius 3 is 2.71 bits per heavy atom. The minimum Gasteiger partial charge on any atom is -0.330 e. The second-order valence-electron chi connectivity index (χ2n) is 3.47. The average Bonchev–Trinajstić information content (AvgIpc) is 2.13. The number of unbranched alkanes of at least 4 members (excludes halogenated alkanes) is 1. The molecule has 0 saturated carbocycles. The Bertz CT molecular complexity index is 312. The van der Waals surface area contributed by atoms with Crippen LogP contribution in [0.15, 0.2) is 16.6 Å². The van der Waals surface area contributed by atoms with E-state index in [2.05, 4.69) is 15.9 Å². The highest BCUT2D eigenvalue weighted by atomic mass is 79.9. The maximum atomic E-state index is 13.3. The van der Waals surface area contributed by atoms with E-state index in [9.17, 15) is 4.39 Å². The van der Waals surface area contributed by atoms with E-state index in [0.717, 1.165) is 30.4 Å². The van der Waals surface area contributed by atoms with Gasteiger partial charge in [-0.05, 0) is 65.9 Å². The first-order valence-corrected chi connectivity index (χ1v) is 5.59. The Hall–Kier alpha value is -0.410. The highest BCUT2D eigenvalue weighted by molar-refractivity contribution is 9.10. The Morgan fingerprint density at radius 2 is 2.07 bits per heavy atom. The predicted octanol–water partition coefficient (Wildman–Crippen LogP) is 3.18. The lowest BCUT2D eigenvalue weighted by Crippen LogP contribution is -2.00. The molecule has 78 valence electrons. The highest BCUT2D eigenvalue weighted by Gasteiger charge is 2.06. The standard InChI is InChI=1S/C11H15BrFN/c1-8-6-9(4-2-3-5-14)11(12)10(13)7-8/h6-7H,2-5,14H2,1H3. The molecule has 1 nitrogen and oxygen atoms in total. The normalized spacial score (nSPS) is 10.6. The van der Waals surface area contributed by atoms with E-state index in [1.807, 2.05) is 13.0 Å². The zero-order valence-electron chi connectivity index (χ0n) is 8.32. The molecule has 0 aliphatic rings. The molecular formula is C11H15BrFN. The van der Waals surface area contributed by atoms with Crippen molar-refractivity contribution < 1.29 is 4.39 Å². The predicted molar refractivity (Wildman–Crippen MR) is 60.8 cm³/mol. The zero-order chi connectivity index (χ0) is 10.6. The van der Waals surface area contributed by atoms with Crippen molar-refractivity contribution in [1.29, 1.82) is 0 Å². The third kappa shape index (κ3) is 3.07. The molecule has 0 unspecified atom stereocenters. The fraction of sp³-hybridized carbons (Fsp3) is 0.455. The van der Waals surface area contributed by atoms with Crippen molar-refractivity contribution in [3.8, 4) is 0 Å². The van der Waals surface area contributed by atoms with Crippen LogP contribution in [0.5, 0.6) is 0 Å². The first-order chi connectivity index (χ1) is 6.65. The molecule has 14 heavy (non-hydrogen) atoms. The number of halogens is 2. The van der Waals surface area contributed by atoms with Crippen LogP contribution in [-0.2, 0) is 6.42 Å². The van der Waals surface area contributed by atoms with Crippen molar-refractivity contribution in [1.82, 2.24) is 0 Å². The molecule has 1 aromatic carbocycles. The van der Waals surface area contributed by atoms with E-state index in [1.165, 1.54) is 6.07 Å². The smallest absolute Gasteiger partial charge is 0.137 e. The van der Waals surface area contributed by atoms with Gasteiger partial charge in [-0.2, -0.15) is 0 Å². The number of aryl methyl sites for hydroxylation is 2. The fourth-order valence-corrected chi connectivity index (χ4v) is 1.87. The van der Waals surface area contributed by atoms with E-state index in [0.29, 0.717) is 11.0 Å². The third-order valence-electron chi connectivity index (χ3n) is 2.15. The van der Waals surface area contributed by atoms with Crippen molar-refractivity contribution in [3.05, 3.63) is 33.5 Å². The third-order valence-corrected chi connectivity index (χ3v) is 3.04. The van der Waals surface area contributed by atoms with Crippen LogP contribution >= 0.6 is 15.9 Å². The number of rotatable bonds is 4. The molecule has 0 bridgehead atoms. The van der Waals surface area contributed by atoms with E-state index in [-0.39, 0.29) is 5.82 Å². The SMILES string of the molecule is Cc1cc(F)c(Br)c(CCCCN)c1. The van der Waals surface area contributed by atoms with Gasteiger partial charge in [0.05, 0.1) is 4.47 Å². The van der Waals surface area contributed by atoms with Gasteiger partial charge in [-0.15, -0.1) is 0 Å². The van der Waals surface area contributed by atoms with E-state index in [1.54, 1.807) is 0 Å². The monoisotopic (exact) mass is 259 g/mol. The minimum atomic E-state index is -0.173. The Kier molecular flexibility index (Phi) is 4.55. The molecule has 0 aromatic heterocycles. The largest absolute Gasteiger partial charge is 0.330 e. The van der Waals surface area contributed by atoms with Gasteiger partial charge in [-0.1, -0.05) is 6.07 Å². The van der Waals surface area contributed by atoms with Crippen LogP contribution in [0.1, 0.15) is 24.0 Å². The first kappa shape index (κ1) is 11.7. The summed E-state index contributed by atoms with van der Waals surface area (Å²) >= 11 is 3.26. The summed E-state index contributed by atoms with van der Waals surface area (Å²) in [5.74, 6) is -0.173. The molecule has 0 heterocycles. The zero-order valence-corrected chi connectivity index (χ0v) is 9.90. The summed E-state index contributed by atoms with van der Waals surface area (Å²) < 4.78 is 13.9. The van der Waals surface area contributed by atoms with Crippen LogP contribution in [0, 0.1) is 12.7 Å². The lowest BCUT2D eigenvalue weighted by Gasteiger charge is -2.06. The molecule has 0 radical (unpaired) electrons. The molecule has 0 aliphatic heterocycles. The van der Waals surface area contributed by atoms with Crippen LogP contribution in [0.2, 0.25) is 0 Å². The van der Waals surface area contributed by atoms with Crippen LogP contribution in [-0.4, -0.2) is 6.54 Å². The lowest BCUT2D eigenvalue weighted by molar-refractivity contribution is 0.614. The van der Waals surface area contributed by atoms with Crippen molar-refractivity contribution in [2.75, 3.05) is 6.54 Å². The molecule has 0 amide bonds. The van der Waals surface area contributed by atoms with Crippen LogP contribution < -0.4 is 5.73 Å². The fourth-order valence-electron chi connectivity index (χ4n) is 1.44. The molecule has 1 rings (SSSR count). The number of benzene rings is 1. The molecule has 0 atom stereocenters. The Labute approximate surface area is 92.6 Å². The quantitative estimate of drug-likeness (QED) is 0.827. The maximum absolute atomic E-state index is 13.3. The number of hydrogen-bond donors (Lipinski definition) is 1. The summed E-state index contributed by atoms with van der Waals surface area (Å²) in [5, 5.41) is 0. The second-order valence-corrected chi connectivity index (χ2v) is 4.26. The van der Waals surface area contributed by atoms with Gasteiger partial charge in [0, 0.05) is 0 Å². The van der Waals surface area contributed by atoms with Crippen molar-refractivity contribution >= 4 is 15.9 Å². The van der Waals surface area contributed by atoms with Gasteiger partial charge in [0.2, 0.25) is 0 Å². The van der Waals surface area contributed by atoms with Crippen molar-refractivity contribution in [3.63, 3.8) is 0 Å². The molecule has 0 spiro atoms. The summed E-state index contributed by atoms with van der Waals surface area (Å²) in [4.78, 5) is 0. The second kappa shape index (κ2) is 5.47. The topological polar surface area (TPSA) is 26.0 Å². The Balaban J connectivity index is 2.75. The highest BCUT2D eigenvalue weighted by Crippen LogP contribution is 2.23. The molecule has 2 N–H and O–H groups in total. The lowest BCUT2D eigenvalue weighted by atomic mass is 10.1. The van der Waals surface area contributed by atoms with Crippen LogP contribution in [0.25, 0.3) is 0 Å². The van der Waals surface area contributed by atoms with Gasteiger partial charge in [0.1, 0.15) is 5.82 Å². The summed E-state index contributed by atoms with van der Waals surface area (Å²) in [6.07, 6.45) is 2.89. The average molecular weight is 260 g/mol. The molecule has 1 aromatic rings. The van der Waals surface area contributed by atoms with Crippen molar-refractivity contribution in [2.45, 2.75) is 26.2 Å². The first-order valence-electron chi connectivity index (χ1n) is 4.79. The van der Waals surface area contributed by atoms with Crippen molar-refractivity contribution in [2.24, 2.45) is 5.73 Å². The van der Waals surface area contributed by atoms with Gasteiger partial charge in [-0.3, -0.25) is 0 Å². The molecule has 0 saturated heterocycles. The number of nitrogens with two attached hydrogens (primary N) is 1. The summed E-state index contributed by atoms with van der Waals surface area (Å²) in [6.45, 7) is 2.61. The summed E-state index contributed by atoms with van der Waals surface area (Å²) in [7, 11) is 0. The van der Waals surface area contributed by atoms with Gasteiger partial charge in [0.15, 0.2) is 0 Å². The summed E-state index contributed by atoms with van der Waals surface area (Å²) in [5.41, 5.74) is 7.41.